The Labute approximate surface area is 117 Å². The van der Waals surface area contributed by atoms with E-state index in [4.69, 9.17) is 4.74 Å². The first kappa shape index (κ1) is 12.6. The summed E-state index contributed by atoms with van der Waals surface area (Å²) in [6.45, 7) is 5.44. The summed E-state index contributed by atoms with van der Waals surface area (Å²) in [6, 6.07) is 1.54. The average Bonchev–Trinajstić information content (AvgIpc) is 2.31. The minimum absolute atomic E-state index is 0.0852. The molecule has 2 nitrogen and oxygen atoms in total. The summed E-state index contributed by atoms with van der Waals surface area (Å²) in [6.07, 6.45) is 10.1. The fourth-order valence-electron chi connectivity index (χ4n) is 5.84. The van der Waals surface area contributed by atoms with E-state index < -0.39 is 0 Å². The maximum absolute atomic E-state index is 5.86. The molecule has 1 atom stereocenters. The van der Waals surface area contributed by atoms with Crippen LogP contribution in [0.2, 0.25) is 0 Å². The van der Waals surface area contributed by atoms with Crippen molar-refractivity contribution >= 4 is 0 Å². The van der Waals surface area contributed by atoms with Gasteiger partial charge in [-0.05, 0) is 82.5 Å². The van der Waals surface area contributed by atoms with Crippen LogP contribution in [0.1, 0.15) is 58.8 Å². The molecule has 1 N–H and O–H groups in total. The quantitative estimate of drug-likeness (QED) is 0.825. The molecule has 4 saturated carbocycles. The molecular formula is C17H29NO. The van der Waals surface area contributed by atoms with E-state index in [-0.39, 0.29) is 5.60 Å². The van der Waals surface area contributed by atoms with Crippen molar-refractivity contribution in [3.63, 3.8) is 0 Å². The van der Waals surface area contributed by atoms with Gasteiger partial charge < -0.3 is 10.1 Å². The highest BCUT2D eigenvalue weighted by atomic mass is 16.5. The van der Waals surface area contributed by atoms with Crippen LogP contribution in [0.5, 0.6) is 0 Å². The third-order valence-electron chi connectivity index (χ3n) is 6.35. The molecule has 4 aliphatic carbocycles. The monoisotopic (exact) mass is 263 g/mol. The Morgan fingerprint density at radius 3 is 2.16 bits per heavy atom. The summed E-state index contributed by atoms with van der Waals surface area (Å²) in [4.78, 5) is 0. The molecule has 0 aromatic heterocycles. The van der Waals surface area contributed by atoms with Gasteiger partial charge in [0.25, 0.3) is 0 Å². The Bertz CT molecular complexity index is 323. The highest BCUT2D eigenvalue weighted by Crippen LogP contribution is 2.53. The normalized spacial score (nSPS) is 51.5. The number of nitrogens with one attached hydrogen (secondary N) is 1. The molecule has 0 aromatic rings. The summed E-state index contributed by atoms with van der Waals surface area (Å²) in [5.41, 5.74) is 0.0852. The standard InChI is InChI=1S/C17H29NO/c1-17(2)10-15(3-4-19-17)18-16-13-6-11-5-12(8-13)9-14(16)7-11/h11-16,18H,3-10H2,1-2H3. The van der Waals surface area contributed by atoms with Crippen molar-refractivity contribution in [3.05, 3.63) is 0 Å². The Kier molecular flexibility index (Phi) is 2.97. The van der Waals surface area contributed by atoms with Gasteiger partial charge in [0.15, 0.2) is 0 Å². The first-order valence-electron chi connectivity index (χ1n) is 8.49. The summed E-state index contributed by atoms with van der Waals surface area (Å²) >= 11 is 0. The summed E-state index contributed by atoms with van der Waals surface area (Å²) in [7, 11) is 0. The van der Waals surface area contributed by atoms with E-state index in [9.17, 15) is 0 Å². The molecule has 0 spiro atoms. The second-order valence-corrected chi connectivity index (χ2v) is 8.42. The zero-order valence-electron chi connectivity index (χ0n) is 12.5. The Morgan fingerprint density at radius 2 is 1.58 bits per heavy atom. The van der Waals surface area contributed by atoms with Gasteiger partial charge in [-0.25, -0.2) is 0 Å². The van der Waals surface area contributed by atoms with E-state index in [1.807, 2.05) is 0 Å². The lowest BCUT2D eigenvalue weighted by Crippen LogP contribution is -2.58. The molecule has 1 saturated heterocycles. The van der Waals surface area contributed by atoms with Gasteiger partial charge in [-0.15, -0.1) is 0 Å². The van der Waals surface area contributed by atoms with Crippen LogP contribution in [0.15, 0.2) is 0 Å². The molecule has 108 valence electrons. The van der Waals surface area contributed by atoms with Crippen molar-refractivity contribution in [1.29, 1.82) is 0 Å². The van der Waals surface area contributed by atoms with Crippen LogP contribution in [0.4, 0.5) is 0 Å². The predicted octanol–water partition coefficient (Wildman–Crippen LogP) is 3.36. The van der Waals surface area contributed by atoms with Crippen molar-refractivity contribution in [2.75, 3.05) is 6.61 Å². The molecule has 5 fully saturated rings. The summed E-state index contributed by atoms with van der Waals surface area (Å²) < 4.78 is 5.86. The molecule has 0 amide bonds. The highest BCUT2D eigenvalue weighted by molar-refractivity contribution is 5.02. The third-order valence-corrected chi connectivity index (χ3v) is 6.35. The molecule has 1 heterocycles. The van der Waals surface area contributed by atoms with E-state index in [2.05, 4.69) is 19.2 Å². The maximum Gasteiger partial charge on any atom is 0.0641 e. The lowest BCUT2D eigenvalue weighted by atomic mass is 9.54. The van der Waals surface area contributed by atoms with Crippen LogP contribution in [-0.2, 0) is 4.74 Å². The van der Waals surface area contributed by atoms with E-state index in [0.29, 0.717) is 6.04 Å². The van der Waals surface area contributed by atoms with Crippen LogP contribution in [0, 0.1) is 23.7 Å². The maximum atomic E-state index is 5.86. The van der Waals surface area contributed by atoms with Gasteiger partial charge >= 0.3 is 0 Å². The fourth-order valence-corrected chi connectivity index (χ4v) is 5.84. The molecule has 1 unspecified atom stereocenters. The zero-order valence-corrected chi connectivity index (χ0v) is 12.5. The third kappa shape index (κ3) is 2.35. The van der Waals surface area contributed by atoms with Crippen LogP contribution >= 0.6 is 0 Å². The fraction of sp³-hybridized carbons (Fsp3) is 1.00. The molecule has 0 radical (unpaired) electrons. The number of rotatable bonds is 2. The van der Waals surface area contributed by atoms with Gasteiger partial charge in [-0.3, -0.25) is 0 Å². The van der Waals surface area contributed by atoms with Gasteiger partial charge in [-0.2, -0.15) is 0 Å². The van der Waals surface area contributed by atoms with E-state index in [1.165, 1.54) is 38.5 Å². The topological polar surface area (TPSA) is 21.3 Å². The summed E-state index contributed by atoms with van der Waals surface area (Å²) in [5, 5.41) is 4.08. The van der Waals surface area contributed by atoms with Crippen molar-refractivity contribution in [2.24, 2.45) is 23.7 Å². The molecule has 5 aliphatic rings. The Hall–Kier alpha value is -0.0800. The van der Waals surface area contributed by atoms with Gasteiger partial charge in [0, 0.05) is 18.7 Å². The zero-order chi connectivity index (χ0) is 13.0. The highest BCUT2D eigenvalue weighted by Gasteiger charge is 2.48. The van der Waals surface area contributed by atoms with E-state index in [1.54, 1.807) is 6.42 Å². The number of hydrogen-bond donors (Lipinski definition) is 1. The number of ether oxygens (including phenoxy) is 1. The molecule has 0 aromatic carbocycles. The van der Waals surface area contributed by atoms with E-state index >= 15 is 0 Å². The molecular weight excluding hydrogens is 234 g/mol. The second kappa shape index (κ2) is 4.46. The van der Waals surface area contributed by atoms with Gasteiger partial charge in [0.2, 0.25) is 0 Å². The van der Waals surface area contributed by atoms with Crippen LogP contribution in [0.3, 0.4) is 0 Å². The van der Waals surface area contributed by atoms with Gasteiger partial charge in [0.05, 0.1) is 5.60 Å². The van der Waals surface area contributed by atoms with Crippen LogP contribution < -0.4 is 5.32 Å². The predicted molar refractivity (Wildman–Crippen MR) is 77.0 cm³/mol. The van der Waals surface area contributed by atoms with Gasteiger partial charge in [-0.1, -0.05) is 0 Å². The average molecular weight is 263 g/mol. The number of hydrogen-bond acceptors (Lipinski definition) is 2. The first-order valence-corrected chi connectivity index (χ1v) is 8.49. The SMILES string of the molecule is CC1(C)CC(NC2C3CC4CC(C3)CC2C4)CCO1. The van der Waals surface area contributed by atoms with Crippen molar-refractivity contribution in [1.82, 2.24) is 5.32 Å². The second-order valence-electron chi connectivity index (χ2n) is 8.42. The van der Waals surface area contributed by atoms with Crippen LogP contribution in [-0.4, -0.2) is 24.3 Å². The van der Waals surface area contributed by atoms with Crippen molar-refractivity contribution < 1.29 is 4.74 Å². The minimum atomic E-state index is 0.0852. The van der Waals surface area contributed by atoms with E-state index in [0.717, 1.165) is 36.3 Å². The van der Waals surface area contributed by atoms with Crippen molar-refractivity contribution in [2.45, 2.75) is 76.5 Å². The van der Waals surface area contributed by atoms with Crippen molar-refractivity contribution in [3.8, 4) is 0 Å². The lowest BCUT2D eigenvalue weighted by molar-refractivity contribution is -0.0752. The Morgan fingerprint density at radius 1 is 0.947 bits per heavy atom. The summed E-state index contributed by atoms with van der Waals surface area (Å²) in [5.74, 6) is 4.18. The molecule has 2 heteroatoms. The minimum Gasteiger partial charge on any atom is -0.375 e. The smallest absolute Gasteiger partial charge is 0.0641 e. The van der Waals surface area contributed by atoms with Crippen LogP contribution in [0.25, 0.3) is 0 Å². The molecule has 19 heavy (non-hydrogen) atoms. The largest absolute Gasteiger partial charge is 0.375 e. The molecule has 1 aliphatic heterocycles. The molecule has 5 rings (SSSR count). The Balaban J connectivity index is 1.43. The lowest BCUT2D eigenvalue weighted by Gasteiger charge is -2.55. The van der Waals surface area contributed by atoms with Gasteiger partial charge in [0.1, 0.15) is 0 Å². The molecule has 4 bridgehead atoms. The first-order chi connectivity index (χ1) is 9.09.